The van der Waals surface area contributed by atoms with Crippen molar-refractivity contribution < 1.29 is 22.7 Å². The molecular formula is C14H18F3NO2. The van der Waals surface area contributed by atoms with Crippen LogP contribution in [0.15, 0.2) is 24.3 Å². The standard InChI is InChI=1S/C14H18F3NO2/c1-9(18-13(19)10(2)20-3)8-11-6-4-5-7-12(11)14(15,16)17/h4-7,9-10H,8H2,1-3H3,(H,18,19)/t9-,10-/m0/s1. The summed E-state index contributed by atoms with van der Waals surface area (Å²) in [5.74, 6) is -0.343. The predicted molar refractivity (Wildman–Crippen MR) is 69.2 cm³/mol. The molecule has 0 aliphatic rings. The molecule has 1 N–H and O–H groups in total. The number of alkyl halides is 3. The topological polar surface area (TPSA) is 38.3 Å². The van der Waals surface area contributed by atoms with Crippen LogP contribution in [0.2, 0.25) is 0 Å². The summed E-state index contributed by atoms with van der Waals surface area (Å²) in [6.07, 6.45) is -4.91. The first-order chi connectivity index (χ1) is 9.25. The van der Waals surface area contributed by atoms with Crippen LogP contribution in [0, 0.1) is 0 Å². The Kier molecular flexibility index (Phi) is 5.56. The van der Waals surface area contributed by atoms with E-state index in [1.165, 1.54) is 19.2 Å². The van der Waals surface area contributed by atoms with Crippen molar-refractivity contribution in [3.05, 3.63) is 35.4 Å². The lowest BCUT2D eigenvalue weighted by Gasteiger charge is -2.19. The largest absolute Gasteiger partial charge is 0.416 e. The van der Waals surface area contributed by atoms with Gasteiger partial charge in [0.1, 0.15) is 6.10 Å². The highest BCUT2D eigenvalue weighted by Gasteiger charge is 2.33. The fraction of sp³-hybridized carbons (Fsp3) is 0.500. The molecule has 1 aromatic rings. The van der Waals surface area contributed by atoms with E-state index in [9.17, 15) is 18.0 Å². The van der Waals surface area contributed by atoms with E-state index in [2.05, 4.69) is 5.32 Å². The van der Waals surface area contributed by atoms with Crippen molar-refractivity contribution in [2.45, 2.75) is 38.6 Å². The maximum atomic E-state index is 12.8. The molecular weight excluding hydrogens is 271 g/mol. The third-order valence-electron chi connectivity index (χ3n) is 2.96. The van der Waals surface area contributed by atoms with Gasteiger partial charge in [0, 0.05) is 13.2 Å². The average molecular weight is 289 g/mol. The van der Waals surface area contributed by atoms with E-state index < -0.39 is 23.9 Å². The maximum absolute atomic E-state index is 12.8. The van der Waals surface area contributed by atoms with Crippen molar-refractivity contribution in [2.75, 3.05) is 7.11 Å². The summed E-state index contributed by atoms with van der Waals surface area (Å²) in [7, 11) is 1.40. The van der Waals surface area contributed by atoms with Crippen molar-refractivity contribution in [3.8, 4) is 0 Å². The lowest BCUT2D eigenvalue weighted by atomic mass is 10.0. The molecule has 1 amide bonds. The zero-order chi connectivity index (χ0) is 15.3. The van der Waals surface area contributed by atoms with Gasteiger partial charge in [0.05, 0.1) is 5.56 Å². The van der Waals surface area contributed by atoms with Crippen LogP contribution in [-0.4, -0.2) is 25.2 Å². The minimum Gasteiger partial charge on any atom is -0.372 e. The highest BCUT2D eigenvalue weighted by molar-refractivity contribution is 5.80. The average Bonchev–Trinajstić information content (AvgIpc) is 2.36. The van der Waals surface area contributed by atoms with Gasteiger partial charge in [-0.1, -0.05) is 18.2 Å². The molecule has 0 saturated carbocycles. The van der Waals surface area contributed by atoms with Gasteiger partial charge < -0.3 is 10.1 Å². The molecule has 1 aromatic carbocycles. The van der Waals surface area contributed by atoms with Crippen LogP contribution < -0.4 is 5.32 Å². The van der Waals surface area contributed by atoms with Crippen LogP contribution in [0.3, 0.4) is 0 Å². The van der Waals surface area contributed by atoms with Crippen LogP contribution in [0.4, 0.5) is 13.2 Å². The Hall–Kier alpha value is -1.56. The summed E-state index contributed by atoms with van der Waals surface area (Å²) in [4.78, 5) is 11.6. The fourth-order valence-corrected chi connectivity index (χ4v) is 1.82. The number of carbonyl (C=O) groups excluding carboxylic acids is 1. The Morgan fingerprint density at radius 3 is 2.45 bits per heavy atom. The van der Waals surface area contributed by atoms with Gasteiger partial charge in [0.2, 0.25) is 5.91 Å². The minimum absolute atomic E-state index is 0.109. The molecule has 3 nitrogen and oxygen atoms in total. The number of carbonyl (C=O) groups is 1. The fourth-order valence-electron chi connectivity index (χ4n) is 1.82. The Morgan fingerprint density at radius 2 is 1.90 bits per heavy atom. The number of halogens is 3. The summed E-state index contributed by atoms with van der Waals surface area (Å²) < 4.78 is 43.4. The number of rotatable bonds is 5. The summed E-state index contributed by atoms with van der Waals surface area (Å²) in [5.41, 5.74) is -0.501. The molecule has 0 bridgehead atoms. The molecule has 6 heteroatoms. The van der Waals surface area contributed by atoms with Gasteiger partial charge >= 0.3 is 6.18 Å². The molecule has 0 heterocycles. The summed E-state index contributed by atoms with van der Waals surface area (Å²) in [6.45, 7) is 3.24. The number of hydrogen-bond donors (Lipinski definition) is 1. The molecule has 0 saturated heterocycles. The first-order valence-corrected chi connectivity index (χ1v) is 6.24. The minimum atomic E-state index is -4.39. The first kappa shape index (κ1) is 16.5. The van der Waals surface area contributed by atoms with Crippen molar-refractivity contribution >= 4 is 5.91 Å². The third-order valence-corrected chi connectivity index (χ3v) is 2.96. The Morgan fingerprint density at radius 1 is 1.30 bits per heavy atom. The van der Waals surface area contributed by atoms with Crippen molar-refractivity contribution in [1.82, 2.24) is 5.32 Å². The number of amides is 1. The van der Waals surface area contributed by atoms with Gasteiger partial charge in [-0.3, -0.25) is 4.79 Å². The molecule has 0 fully saturated rings. The highest BCUT2D eigenvalue weighted by Crippen LogP contribution is 2.32. The van der Waals surface area contributed by atoms with E-state index in [1.807, 2.05) is 0 Å². The summed E-state index contributed by atoms with van der Waals surface area (Å²) in [6, 6.07) is 4.95. The second kappa shape index (κ2) is 6.74. The summed E-state index contributed by atoms with van der Waals surface area (Å²) >= 11 is 0. The molecule has 0 aliphatic heterocycles. The van der Waals surface area contributed by atoms with E-state index in [-0.39, 0.29) is 17.9 Å². The second-order valence-corrected chi connectivity index (χ2v) is 4.65. The van der Waals surface area contributed by atoms with Crippen molar-refractivity contribution in [2.24, 2.45) is 0 Å². The van der Waals surface area contributed by atoms with Crippen molar-refractivity contribution in [3.63, 3.8) is 0 Å². The van der Waals surface area contributed by atoms with Gasteiger partial charge in [0.15, 0.2) is 0 Å². The zero-order valence-corrected chi connectivity index (χ0v) is 11.6. The van der Waals surface area contributed by atoms with Gasteiger partial charge in [-0.15, -0.1) is 0 Å². The molecule has 112 valence electrons. The van der Waals surface area contributed by atoms with Crippen LogP contribution in [0.1, 0.15) is 25.0 Å². The smallest absolute Gasteiger partial charge is 0.372 e. The zero-order valence-electron chi connectivity index (χ0n) is 11.6. The molecule has 0 aliphatic carbocycles. The molecule has 0 spiro atoms. The number of nitrogens with one attached hydrogen (secondary N) is 1. The van der Waals surface area contributed by atoms with E-state index in [1.54, 1.807) is 19.9 Å². The normalized spacial score (nSPS) is 14.7. The van der Waals surface area contributed by atoms with Crippen molar-refractivity contribution in [1.29, 1.82) is 0 Å². The maximum Gasteiger partial charge on any atom is 0.416 e. The lowest BCUT2D eigenvalue weighted by Crippen LogP contribution is -2.40. The number of benzene rings is 1. The van der Waals surface area contributed by atoms with Gasteiger partial charge in [-0.05, 0) is 31.9 Å². The SMILES string of the molecule is CO[C@@H](C)C(=O)N[C@@H](C)Cc1ccccc1C(F)(F)F. The van der Waals surface area contributed by atoms with E-state index in [0.29, 0.717) is 0 Å². The molecule has 2 atom stereocenters. The first-order valence-electron chi connectivity index (χ1n) is 6.24. The Balaban J connectivity index is 2.76. The highest BCUT2D eigenvalue weighted by atomic mass is 19.4. The molecule has 1 rings (SSSR count). The van der Waals surface area contributed by atoms with Crippen LogP contribution in [0.25, 0.3) is 0 Å². The molecule has 20 heavy (non-hydrogen) atoms. The van der Waals surface area contributed by atoms with Gasteiger partial charge in [-0.25, -0.2) is 0 Å². The van der Waals surface area contributed by atoms with E-state index in [4.69, 9.17) is 4.74 Å². The van der Waals surface area contributed by atoms with E-state index in [0.717, 1.165) is 6.07 Å². The second-order valence-electron chi connectivity index (χ2n) is 4.65. The Bertz CT molecular complexity index is 460. The monoisotopic (exact) mass is 289 g/mol. The number of hydrogen-bond acceptors (Lipinski definition) is 2. The third kappa shape index (κ3) is 4.52. The molecule has 0 unspecified atom stereocenters. The quantitative estimate of drug-likeness (QED) is 0.905. The van der Waals surface area contributed by atoms with E-state index >= 15 is 0 Å². The van der Waals surface area contributed by atoms with Crippen LogP contribution in [-0.2, 0) is 22.1 Å². The van der Waals surface area contributed by atoms with Gasteiger partial charge in [0.25, 0.3) is 0 Å². The number of methoxy groups -OCH3 is 1. The predicted octanol–water partition coefficient (Wildman–Crippen LogP) is 2.79. The van der Waals surface area contributed by atoms with Gasteiger partial charge in [-0.2, -0.15) is 13.2 Å². The lowest BCUT2D eigenvalue weighted by molar-refractivity contribution is -0.138. The van der Waals surface area contributed by atoms with Crippen LogP contribution in [0.5, 0.6) is 0 Å². The molecule has 0 radical (unpaired) electrons. The van der Waals surface area contributed by atoms with Crippen LogP contribution >= 0.6 is 0 Å². The Labute approximate surface area is 116 Å². The number of ether oxygens (including phenoxy) is 1. The molecule has 0 aromatic heterocycles. The summed E-state index contributed by atoms with van der Waals surface area (Å²) in [5, 5.41) is 2.63.